The molecule has 0 atom stereocenters. The average Bonchev–Trinajstić information content (AvgIpc) is 2.42. The molecule has 7 heteroatoms. The van der Waals surface area contributed by atoms with Crippen LogP contribution in [0.5, 0.6) is 0 Å². The molecule has 118 valence electrons. The van der Waals surface area contributed by atoms with E-state index in [2.05, 4.69) is 0 Å². The highest BCUT2D eigenvalue weighted by atomic mass is 28.3. The van der Waals surface area contributed by atoms with Crippen LogP contribution in [0.3, 0.4) is 0 Å². The van der Waals surface area contributed by atoms with Crippen LogP contribution >= 0.6 is 0 Å². The Hall–Kier alpha value is -2.15. The second kappa shape index (κ2) is 5.92. The summed E-state index contributed by atoms with van der Waals surface area (Å²) < 4.78 is 1.68. The van der Waals surface area contributed by atoms with Gasteiger partial charge in [-0.2, -0.15) is 0 Å². The number of hydrogen-bond donors (Lipinski definition) is 0. The van der Waals surface area contributed by atoms with Crippen LogP contribution in [-0.2, 0) is 14.4 Å². The zero-order valence-corrected chi connectivity index (χ0v) is 14.4. The summed E-state index contributed by atoms with van der Waals surface area (Å²) in [6.07, 6.45) is 0. The number of hydrazine groups is 1. The zero-order valence-electron chi connectivity index (χ0n) is 13.4. The number of carbonyl (C=O) groups excluding carboxylic acids is 3. The molecule has 2 rings (SSSR count). The maximum Gasteiger partial charge on any atom is 0.260 e. The van der Waals surface area contributed by atoms with Crippen LogP contribution in [0, 0.1) is 0 Å². The number of rotatable bonds is 3. The van der Waals surface area contributed by atoms with Crippen LogP contribution in [-0.4, -0.2) is 48.6 Å². The first-order valence-electron chi connectivity index (χ1n) is 7.18. The highest BCUT2D eigenvalue weighted by Gasteiger charge is 2.40. The highest BCUT2D eigenvalue weighted by Crippen LogP contribution is 2.21. The summed E-state index contributed by atoms with van der Waals surface area (Å²) in [6, 6.07) is 8.89. The van der Waals surface area contributed by atoms with Gasteiger partial charge in [-0.05, 0) is 12.1 Å². The molecule has 0 radical (unpaired) electrons. The third-order valence-corrected chi connectivity index (χ3v) is 5.54. The van der Waals surface area contributed by atoms with Gasteiger partial charge in [0.1, 0.15) is 6.54 Å². The third-order valence-electron chi connectivity index (χ3n) is 3.52. The van der Waals surface area contributed by atoms with Gasteiger partial charge in [-0.15, -0.1) is 0 Å². The van der Waals surface area contributed by atoms with Crippen LogP contribution in [0.4, 0.5) is 5.69 Å². The molecule has 0 spiro atoms. The highest BCUT2D eigenvalue weighted by molar-refractivity contribution is 6.75. The van der Waals surface area contributed by atoms with E-state index in [0.29, 0.717) is 5.69 Å². The van der Waals surface area contributed by atoms with Gasteiger partial charge in [0.15, 0.2) is 8.24 Å². The second-order valence-electron chi connectivity index (χ2n) is 6.27. The van der Waals surface area contributed by atoms with Crippen molar-refractivity contribution in [3.63, 3.8) is 0 Å². The van der Waals surface area contributed by atoms with E-state index in [9.17, 15) is 14.4 Å². The van der Waals surface area contributed by atoms with Crippen LogP contribution in [0.2, 0.25) is 19.6 Å². The third kappa shape index (κ3) is 3.19. The predicted octanol–water partition coefficient (Wildman–Crippen LogP) is 1.46. The number of para-hydroxylation sites is 1. The van der Waals surface area contributed by atoms with E-state index < -0.39 is 8.24 Å². The SMILES string of the molecule is CC(=O)N(c1ccccc1)N1CC(=O)N([Si](C)(C)C)CC1=O. The second-order valence-corrected chi connectivity index (χ2v) is 11.1. The van der Waals surface area contributed by atoms with Gasteiger partial charge in [0.2, 0.25) is 11.8 Å². The van der Waals surface area contributed by atoms with Crippen molar-refractivity contribution in [1.29, 1.82) is 0 Å². The van der Waals surface area contributed by atoms with Crippen molar-refractivity contribution in [3.05, 3.63) is 30.3 Å². The first kappa shape index (κ1) is 16.2. The Morgan fingerprint density at radius 2 is 1.64 bits per heavy atom. The van der Waals surface area contributed by atoms with Crippen molar-refractivity contribution in [2.24, 2.45) is 0 Å². The molecule has 6 nitrogen and oxygen atoms in total. The molecule has 0 saturated carbocycles. The summed E-state index contributed by atoms with van der Waals surface area (Å²) in [5.41, 5.74) is 0.581. The van der Waals surface area contributed by atoms with Crippen LogP contribution < -0.4 is 5.01 Å². The molecule has 1 fully saturated rings. The predicted molar refractivity (Wildman–Crippen MR) is 86.4 cm³/mol. The lowest BCUT2D eigenvalue weighted by molar-refractivity contribution is -0.148. The van der Waals surface area contributed by atoms with E-state index in [1.165, 1.54) is 16.9 Å². The topological polar surface area (TPSA) is 60.9 Å². The van der Waals surface area contributed by atoms with E-state index >= 15 is 0 Å². The van der Waals surface area contributed by atoms with Crippen LogP contribution in [0.25, 0.3) is 0 Å². The van der Waals surface area contributed by atoms with Crippen molar-refractivity contribution in [2.75, 3.05) is 18.1 Å². The quantitative estimate of drug-likeness (QED) is 0.793. The number of amides is 3. The van der Waals surface area contributed by atoms with Gasteiger partial charge in [0, 0.05) is 6.92 Å². The summed E-state index contributed by atoms with van der Waals surface area (Å²) in [5, 5.41) is 2.53. The lowest BCUT2D eigenvalue weighted by Crippen LogP contribution is -2.65. The van der Waals surface area contributed by atoms with Crippen LogP contribution in [0.1, 0.15) is 6.92 Å². The zero-order chi connectivity index (χ0) is 16.5. The maximum atomic E-state index is 12.5. The Morgan fingerprint density at radius 1 is 1.05 bits per heavy atom. The minimum atomic E-state index is -1.90. The maximum absolute atomic E-state index is 12.5. The van der Waals surface area contributed by atoms with Gasteiger partial charge in [-0.3, -0.25) is 14.4 Å². The molecule has 1 saturated heterocycles. The Labute approximate surface area is 131 Å². The molecule has 1 aromatic rings. The first-order chi connectivity index (χ1) is 10.2. The smallest absolute Gasteiger partial charge is 0.260 e. The fraction of sp³-hybridized carbons (Fsp3) is 0.400. The average molecular weight is 319 g/mol. The normalized spacial score (nSPS) is 16.0. The molecule has 22 heavy (non-hydrogen) atoms. The van der Waals surface area contributed by atoms with Gasteiger partial charge < -0.3 is 4.57 Å². The van der Waals surface area contributed by atoms with Crippen molar-refractivity contribution in [1.82, 2.24) is 9.57 Å². The number of carbonyl (C=O) groups is 3. The summed E-state index contributed by atoms with van der Waals surface area (Å²) in [5.74, 6) is -0.643. The number of piperazine rings is 1. The number of benzene rings is 1. The minimum Gasteiger partial charge on any atom is -0.359 e. The molecule has 0 aliphatic carbocycles. The Kier molecular flexibility index (Phi) is 4.36. The van der Waals surface area contributed by atoms with Crippen molar-refractivity contribution < 1.29 is 14.4 Å². The molecule has 0 N–H and O–H groups in total. The Balaban J connectivity index is 2.30. The summed E-state index contributed by atoms with van der Waals surface area (Å²) in [6.45, 7) is 7.38. The fourth-order valence-electron chi connectivity index (χ4n) is 2.46. The van der Waals surface area contributed by atoms with Crippen LogP contribution in [0.15, 0.2) is 30.3 Å². The molecule has 0 unspecified atom stereocenters. The molecular weight excluding hydrogens is 298 g/mol. The van der Waals surface area contributed by atoms with Gasteiger partial charge in [0.05, 0.1) is 12.2 Å². The minimum absolute atomic E-state index is 0.0329. The molecule has 1 aliphatic heterocycles. The molecule has 1 aromatic carbocycles. The van der Waals surface area contributed by atoms with Crippen molar-refractivity contribution in [2.45, 2.75) is 26.6 Å². The van der Waals surface area contributed by atoms with E-state index in [1.54, 1.807) is 28.8 Å². The van der Waals surface area contributed by atoms with Gasteiger partial charge in [0.25, 0.3) is 5.91 Å². The Morgan fingerprint density at radius 3 is 2.14 bits per heavy atom. The van der Waals surface area contributed by atoms with Gasteiger partial charge in [-0.1, -0.05) is 37.8 Å². The number of nitrogens with zero attached hydrogens (tertiary/aromatic N) is 3. The summed E-state index contributed by atoms with van der Waals surface area (Å²) >= 11 is 0. The fourth-order valence-corrected chi connectivity index (χ4v) is 3.89. The standard InChI is InChI=1S/C15H21N3O3Si/c1-12(19)18(13-8-6-5-7-9-13)16-10-15(21)17(11-14(16)20)22(2,3)4/h5-9H,10-11H2,1-4H3. The molecule has 3 amide bonds. The van der Waals surface area contributed by atoms with Gasteiger partial charge >= 0.3 is 0 Å². The molecule has 1 heterocycles. The lowest BCUT2D eigenvalue weighted by atomic mass is 10.3. The molecule has 0 aromatic heterocycles. The van der Waals surface area contributed by atoms with E-state index in [4.69, 9.17) is 0 Å². The monoisotopic (exact) mass is 319 g/mol. The van der Waals surface area contributed by atoms with Crippen molar-refractivity contribution in [3.8, 4) is 0 Å². The van der Waals surface area contributed by atoms with Crippen molar-refractivity contribution >= 4 is 31.6 Å². The van der Waals surface area contributed by atoms with E-state index in [-0.39, 0.29) is 30.8 Å². The van der Waals surface area contributed by atoms with E-state index in [1.807, 2.05) is 25.7 Å². The molecule has 0 bridgehead atoms. The lowest BCUT2D eigenvalue weighted by Gasteiger charge is -2.43. The Bertz CT molecular complexity index is 598. The number of hydrogen-bond acceptors (Lipinski definition) is 3. The summed E-state index contributed by atoms with van der Waals surface area (Å²) in [4.78, 5) is 36.9. The molecular formula is C15H21N3O3Si. The number of anilines is 1. The summed E-state index contributed by atoms with van der Waals surface area (Å²) in [7, 11) is -1.90. The largest absolute Gasteiger partial charge is 0.359 e. The first-order valence-corrected chi connectivity index (χ1v) is 10.6. The molecule has 1 aliphatic rings. The van der Waals surface area contributed by atoms with Gasteiger partial charge in [-0.25, -0.2) is 10.0 Å². The van der Waals surface area contributed by atoms with E-state index in [0.717, 1.165) is 0 Å².